The molecule has 3 aromatic carbocycles. The first-order valence-corrected chi connectivity index (χ1v) is 17.2. The van der Waals surface area contributed by atoms with Gasteiger partial charge >= 0.3 is 6.09 Å². The molecular formula is C40H55N3O5. The zero-order valence-electron chi connectivity index (χ0n) is 30.1. The van der Waals surface area contributed by atoms with Crippen molar-refractivity contribution in [1.29, 1.82) is 0 Å². The zero-order valence-corrected chi connectivity index (χ0v) is 30.1. The van der Waals surface area contributed by atoms with E-state index in [-0.39, 0.29) is 24.0 Å². The van der Waals surface area contributed by atoms with E-state index in [0.717, 1.165) is 65.6 Å². The number of nitrogens with one attached hydrogen (secondary N) is 2. The van der Waals surface area contributed by atoms with E-state index in [9.17, 15) is 19.5 Å². The molecule has 0 spiro atoms. The summed E-state index contributed by atoms with van der Waals surface area (Å²) in [4.78, 5) is 44.2. The van der Waals surface area contributed by atoms with Crippen molar-refractivity contribution in [2.24, 2.45) is 0 Å². The number of nitrogens with zero attached hydrogens (tertiary/aromatic N) is 1. The molecule has 0 heterocycles. The fraction of sp³-hybridized carbons (Fsp3) is 0.475. The van der Waals surface area contributed by atoms with E-state index in [1.54, 1.807) is 49.9 Å². The van der Waals surface area contributed by atoms with Gasteiger partial charge in [0.15, 0.2) is 0 Å². The summed E-state index contributed by atoms with van der Waals surface area (Å²) >= 11 is 0. The maximum Gasteiger partial charge on any atom is 0.408 e. The molecule has 0 saturated carbocycles. The minimum atomic E-state index is -1.04. The number of phenolic OH excluding ortho intramolecular Hbond substituents is 1. The lowest BCUT2D eigenvalue weighted by Crippen LogP contribution is -2.53. The maximum atomic E-state index is 14.9. The predicted octanol–water partition coefficient (Wildman–Crippen LogP) is 8.63. The molecule has 0 bridgehead atoms. The molecule has 0 radical (unpaired) electrons. The lowest BCUT2D eigenvalue weighted by molar-refractivity contribution is -0.140. The summed E-state index contributed by atoms with van der Waals surface area (Å²) in [6.07, 6.45) is 5.46. The van der Waals surface area contributed by atoms with Crippen molar-refractivity contribution in [3.63, 3.8) is 0 Å². The summed E-state index contributed by atoms with van der Waals surface area (Å²) in [5.41, 5.74) is 5.32. The molecule has 0 aromatic heterocycles. The normalized spacial score (nSPS) is 12.6. The third kappa shape index (κ3) is 11.4. The number of alkyl carbamates (subject to hydrolysis) is 1. The molecule has 3 rings (SSSR count). The standard InChI is InChI=1S/C40H55N3O5/c1-9-10-11-12-13-14-24-43(38(46)34(41-39(47)48-40(6,7)8)26-31-19-22-33(44)23-20-31)36(32-21-18-27(2)30(5)25-32)37(45)42-35-28(3)16-15-17-29(35)4/h15-23,25,34,36,44H,9-14,24,26H2,1-8H3,(H,41,47)(H,42,45). The number of carbonyl (C=O) groups is 3. The van der Waals surface area contributed by atoms with Gasteiger partial charge in [0.25, 0.3) is 5.91 Å². The Morgan fingerprint density at radius 2 is 1.44 bits per heavy atom. The second kappa shape index (κ2) is 17.7. The number of ether oxygens (including phenoxy) is 1. The van der Waals surface area contributed by atoms with Crippen molar-refractivity contribution in [2.45, 2.75) is 118 Å². The second-order valence-corrected chi connectivity index (χ2v) is 13.9. The van der Waals surface area contributed by atoms with E-state index in [4.69, 9.17) is 4.74 Å². The van der Waals surface area contributed by atoms with Crippen molar-refractivity contribution in [3.8, 4) is 5.75 Å². The van der Waals surface area contributed by atoms with Crippen molar-refractivity contribution in [1.82, 2.24) is 10.2 Å². The molecular weight excluding hydrogens is 602 g/mol. The number of hydrogen-bond donors (Lipinski definition) is 3. The Balaban J connectivity index is 2.11. The summed E-state index contributed by atoms with van der Waals surface area (Å²) in [6, 6.07) is 16.3. The molecule has 8 nitrogen and oxygen atoms in total. The van der Waals surface area contributed by atoms with Crippen molar-refractivity contribution in [2.75, 3.05) is 11.9 Å². The Morgan fingerprint density at radius 3 is 2.04 bits per heavy atom. The molecule has 8 heteroatoms. The average Bonchev–Trinajstić information content (AvgIpc) is 3.01. The summed E-state index contributed by atoms with van der Waals surface area (Å²) < 4.78 is 5.58. The van der Waals surface area contributed by atoms with Crippen LogP contribution in [0.5, 0.6) is 5.75 Å². The van der Waals surface area contributed by atoms with Gasteiger partial charge in [-0.05, 0) is 100 Å². The maximum absolute atomic E-state index is 14.9. The van der Waals surface area contributed by atoms with Gasteiger partial charge < -0.3 is 25.4 Å². The third-order valence-corrected chi connectivity index (χ3v) is 8.54. The number of unbranched alkanes of at least 4 members (excludes halogenated alkanes) is 5. The van der Waals surface area contributed by atoms with Crippen molar-refractivity contribution < 1.29 is 24.2 Å². The lowest BCUT2D eigenvalue weighted by Gasteiger charge is -2.35. The number of carbonyl (C=O) groups excluding carboxylic acids is 3. The molecule has 3 N–H and O–H groups in total. The van der Waals surface area contributed by atoms with Gasteiger partial charge in [-0.1, -0.05) is 87.6 Å². The summed E-state index contributed by atoms with van der Waals surface area (Å²) in [5.74, 6) is -0.609. The highest BCUT2D eigenvalue weighted by Gasteiger charge is 2.36. The fourth-order valence-corrected chi connectivity index (χ4v) is 5.76. The second-order valence-electron chi connectivity index (χ2n) is 13.9. The monoisotopic (exact) mass is 657 g/mol. The van der Waals surface area contributed by atoms with Crippen LogP contribution in [0.3, 0.4) is 0 Å². The van der Waals surface area contributed by atoms with Crippen LogP contribution in [0.15, 0.2) is 60.7 Å². The van der Waals surface area contributed by atoms with Crippen molar-refractivity contribution in [3.05, 3.63) is 94.0 Å². The molecule has 2 unspecified atom stereocenters. The predicted molar refractivity (Wildman–Crippen MR) is 193 cm³/mol. The Hall–Kier alpha value is -4.33. The highest BCUT2D eigenvalue weighted by atomic mass is 16.6. The van der Waals surface area contributed by atoms with Crippen LogP contribution >= 0.6 is 0 Å². The van der Waals surface area contributed by atoms with E-state index in [1.165, 1.54) is 0 Å². The number of aryl methyl sites for hydroxylation is 4. The van der Waals surface area contributed by atoms with Crippen LogP contribution < -0.4 is 10.6 Å². The molecule has 3 aromatic rings. The van der Waals surface area contributed by atoms with Crippen LogP contribution in [0.4, 0.5) is 10.5 Å². The molecule has 2 atom stereocenters. The molecule has 3 amide bonds. The number of anilines is 1. The summed E-state index contributed by atoms with van der Waals surface area (Å²) in [7, 11) is 0. The van der Waals surface area contributed by atoms with Gasteiger partial charge in [0, 0.05) is 18.7 Å². The topological polar surface area (TPSA) is 108 Å². The zero-order chi connectivity index (χ0) is 35.4. The van der Waals surface area contributed by atoms with Gasteiger partial charge in [0.2, 0.25) is 5.91 Å². The van der Waals surface area contributed by atoms with Gasteiger partial charge in [-0.3, -0.25) is 9.59 Å². The van der Waals surface area contributed by atoms with Crippen LogP contribution in [0.2, 0.25) is 0 Å². The first kappa shape index (κ1) is 38.1. The lowest BCUT2D eigenvalue weighted by atomic mass is 9.96. The molecule has 260 valence electrons. The minimum absolute atomic E-state index is 0.101. The highest BCUT2D eigenvalue weighted by molar-refractivity contribution is 6.00. The van der Waals surface area contributed by atoms with Crippen LogP contribution in [-0.4, -0.2) is 46.1 Å². The van der Waals surface area contributed by atoms with Gasteiger partial charge in [-0.25, -0.2) is 4.79 Å². The minimum Gasteiger partial charge on any atom is -0.508 e. The van der Waals surface area contributed by atoms with E-state index in [1.807, 2.05) is 64.1 Å². The van der Waals surface area contributed by atoms with Crippen LogP contribution in [0.25, 0.3) is 0 Å². The first-order chi connectivity index (χ1) is 22.7. The van der Waals surface area contributed by atoms with E-state index in [2.05, 4.69) is 17.6 Å². The largest absolute Gasteiger partial charge is 0.508 e. The highest BCUT2D eigenvalue weighted by Crippen LogP contribution is 2.29. The molecule has 48 heavy (non-hydrogen) atoms. The summed E-state index contributed by atoms with van der Waals surface area (Å²) in [5, 5.41) is 15.9. The Labute approximate surface area is 287 Å². The van der Waals surface area contributed by atoms with Crippen LogP contribution in [-0.2, 0) is 20.7 Å². The van der Waals surface area contributed by atoms with E-state index in [0.29, 0.717) is 18.5 Å². The number of aromatic hydroxyl groups is 1. The quantitative estimate of drug-likeness (QED) is 0.142. The van der Waals surface area contributed by atoms with Gasteiger partial charge in [0.05, 0.1) is 0 Å². The number of phenols is 1. The third-order valence-electron chi connectivity index (χ3n) is 8.54. The fourth-order valence-electron chi connectivity index (χ4n) is 5.76. The SMILES string of the molecule is CCCCCCCCN(C(=O)C(Cc1ccc(O)cc1)NC(=O)OC(C)(C)C)C(C(=O)Nc1c(C)cccc1C)c1ccc(C)c(C)c1. The number of hydrogen-bond acceptors (Lipinski definition) is 5. The van der Waals surface area contributed by atoms with E-state index < -0.39 is 23.8 Å². The summed E-state index contributed by atoms with van der Waals surface area (Å²) in [6.45, 7) is 15.7. The number of rotatable bonds is 15. The van der Waals surface area contributed by atoms with Gasteiger partial charge in [-0.2, -0.15) is 0 Å². The molecule has 0 saturated heterocycles. The Morgan fingerprint density at radius 1 is 0.812 bits per heavy atom. The first-order valence-electron chi connectivity index (χ1n) is 17.2. The van der Waals surface area contributed by atoms with Crippen LogP contribution in [0.1, 0.15) is 106 Å². The van der Waals surface area contributed by atoms with E-state index >= 15 is 0 Å². The van der Waals surface area contributed by atoms with Crippen molar-refractivity contribution >= 4 is 23.6 Å². The molecule has 0 fully saturated rings. The number of amides is 3. The molecule has 0 aliphatic rings. The van der Waals surface area contributed by atoms with Crippen LogP contribution in [0, 0.1) is 27.7 Å². The molecule has 0 aliphatic heterocycles. The number of para-hydroxylation sites is 1. The Bertz CT molecular complexity index is 1510. The van der Waals surface area contributed by atoms with Gasteiger partial charge in [0.1, 0.15) is 23.4 Å². The Kier molecular flexibility index (Phi) is 14.1. The smallest absolute Gasteiger partial charge is 0.408 e. The van der Waals surface area contributed by atoms with Gasteiger partial charge in [-0.15, -0.1) is 0 Å². The average molecular weight is 658 g/mol. The number of benzene rings is 3. The molecule has 0 aliphatic carbocycles.